The third-order valence-electron chi connectivity index (χ3n) is 4.18. The minimum atomic E-state index is -0.500. The van der Waals surface area contributed by atoms with Crippen LogP contribution in [0.1, 0.15) is 43.9 Å². The van der Waals surface area contributed by atoms with Gasteiger partial charge in [-0.2, -0.15) is 0 Å². The van der Waals surface area contributed by atoms with E-state index in [2.05, 4.69) is 13.0 Å². The molecule has 0 spiro atoms. The topological polar surface area (TPSA) is 57.2 Å². The van der Waals surface area contributed by atoms with Gasteiger partial charge >= 0.3 is 0 Å². The van der Waals surface area contributed by atoms with Gasteiger partial charge in [0.15, 0.2) is 23.0 Å². The summed E-state index contributed by atoms with van der Waals surface area (Å²) in [7, 11) is 6.49. The summed E-state index contributed by atoms with van der Waals surface area (Å²) >= 11 is 0. The number of aryl methyl sites for hydroxylation is 1. The molecule has 0 aliphatic heterocycles. The molecule has 0 saturated carbocycles. The second-order valence-corrected chi connectivity index (χ2v) is 5.91. The Balaban J connectivity index is 0.000000271. The van der Waals surface area contributed by atoms with Crippen LogP contribution in [0.3, 0.4) is 0 Å². The zero-order valence-electron chi connectivity index (χ0n) is 17.2. The summed E-state index contributed by atoms with van der Waals surface area (Å²) in [5, 5.41) is 9.73. The van der Waals surface area contributed by atoms with E-state index in [0.29, 0.717) is 17.9 Å². The molecule has 0 heterocycles. The summed E-state index contributed by atoms with van der Waals surface area (Å²) < 4.78 is 20.8. The summed E-state index contributed by atoms with van der Waals surface area (Å²) in [6, 6.07) is 11.5. The molecule has 1 unspecified atom stereocenters. The number of benzene rings is 2. The molecule has 2 aromatic rings. The predicted molar refractivity (Wildman–Crippen MR) is 108 cm³/mol. The van der Waals surface area contributed by atoms with Crippen molar-refractivity contribution in [2.45, 2.75) is 39.2 Å². The largest absolute Gasteiger partial charge is 0.493 e. The van der Waals surface area contributed by atoms with Gasteiger partial charge in [-0.3, -0.25) is 0 Å². The van der Waals surface area contributed by atoms with Crippen molar-refractivity contribution in [3.8, 4) is 23.0 Å². The number of hydrogen-bond donors (Lipinski definition) is 1. The molecule has 1 atom stereocenters. The molecule has 5 heteroatoms. The van der Waals surface area contributed by atoms with Crippen LogP contribution in [-0.4, -0.2) is 33.5 Å². The second kappa shape index (κ2) is 12.1. The number of aliphatic hydroxyl groups is 1. The number of hydrogen-bond acceptors (Lipinski definition) is 5. The third kappa shape index (κ3) is 6.07. The van der Waals surface area contributed by atoms with Crippen molar-refractivity contribution in [3.05, 3.63) is 47.5 Å². The van der Waals surface area contributed by atoms with Crippen LogP contribution >= 0.6 is 0 Å². The van der Waals surface area contributed by atoms with Gasteiger partial charge in [-0.25, -0.2) is 0 Å². The summed E-state index contributed by atoms with van der Waals surface area (Å²) in [6.07, 6.45) is 2.30. The Kier molecular flexibility index (Phi) is 10.1. The maximum absolute atomic E-state index is 9.73. The first-order valence-corrected chi connectivity index (χ1v) is 9.16. The van der Waals surface area contributed by atoms with Crippen molar-refractivity contribution >= 4 is 0 Å². The maximum Gasteiger partial charge on any atom is 0.166 e. The number of para-hydroxylation sites is 2. The molecular weight excluding hydrogens is 344 g/mol. The summed E-state index contributed by atoms with van der Waals surface area (Å²) in [6.45, 7) is 4.07. The fourth-order valence-corrected chi connectivity index (χ4v) is 2.81. The Bertz CT molecular complexity index is 684. The van der Waals surface area contributed by atoms with Crippen LogP contribution in [0.2, 0.25) is 0 Å². The first-order chi connectivity index (χ1) is 13.1. The molecule has 0 radical (unpaired) electrons. The lowest BCUT2D eigenvalue weighted by Crippen LogP contribution is -2.00. The van der Waals surface area contributed by atoms with Crippen molar-refractivity contribution < 1.29 is 24.1 Å². The second-order valence-electron chi connectivity index (χ2n) is 5.91. The SMILES string of the molecule is CCC(O)c1cccc(OC)c1OC.CCCc1cccc(OC)c1OC. The number of aliphatic hydroxyl groups excluding tert-OH is 1. The Morgan fingerprint density at radius 1 is 0.778 bits per heavy atom. The molecule has 27 heavy (non-hydrogen) atoms. The van der Waals surface area contributed by atoms with Crippen LogP contribution in [0.4, 0.5) is 0 Å². The van der Waals surface area contributed by atoms with Crippen molar-refractivity contribution in [2.75, 3.05) is 28.4 Å². The van der Waals surface area contributed by atoms with Gasteiger partial charge in [0.25, 0.3) is 0 Å². The molecule has 2 aromatic carbocycles. The lowest BCUT2D eigenvalue weighted by Gasteiger charge is -2.15. The normalized spacial score (nSPS) is 11.1. The summed E-state index contributed by atoms with van der Waals surface area (Å²) in [5.74, 6) is 2.95. The van der Waals surface area contributed by atoms with E-state index in [9.17, 15) is 5.11 Å². The number of ether oxygens (including phenoxy) is 4. The quantitative estimate of drug-likeness (QED) is 0.717. The lowest BCUT2D eigenvalue weighted by molar-refractivity contribution is 0.168. The summed E-state index contributed by atoms with van der Waals surface area (Å²) in [5.41, 5.74) is 1.98. The molecule has 0 saturated heterocycles. The summed E-state index contributed by atoms with van der Waals surface area (Å²) in [4.78, 5) is 0. The molecule has 150 valence electrons. The molecule has 0 aliphatic carbocycles. The van der Waals surface area contributed by atoms with Gasteiger partial charge in [0.2, 0.25) is 0 Å². The maximum atomic E-state index is 9.73. The highest BCUT2D eigenvalue weighted by atomic mass is 16.5. The Morgan fingerprint density at radius 2 is 1.33 bits per heavy atom. The van der Waals surface area contributed by atoms with Crippen LogP contribution in [0.25, 0.3) is 0 Å². The zero-order valence-corrected chi connectivity index (χ0v) is 17.2. The van der Waals surface area contributed by atoms with E-state index in [1.54, 1.807) is 28.4 Å². The molecular formula is C22H32O5. The fourth-order valence-electron chi connectivity index (χ4n) is 2.81. The van der Waals surface area contributed by atoms with E-state index in [1.165, 1.54) is 5.56 Å². The molecule has 0 fully saturated rings. The minimum Gasteiger partial charge on any atom is -0.493 e. The van der Waals surface area contributed by atoms with Gasteiger partial charge in [0.1, 0.15) is 0 Å². The van der Waals surface area contributed by atoms with Gasteiger partial charge < -0.3 is 24.1 Å². The van der Waals surface area contributed by atoms with E-state index >= 15 is 0 Å². The predicted octanol–water partition coefficient (Wildman–Crippen LogP) is 4.80. The van der Waals surface area contributed by atoms with Gasteiger partial charge in [-0.05, 0) is 30.5 Å². The molecule has 5 nitrogen and oxygen atoms in total. The van der Waals surface area contributed by atoms with Crippen molar-refractivity contribution in [1.29, 1.82) is 0 Å². The first kappa shape index (κ1) is 22.6. The van der Waals surface area contributed by atoms with E-state index in [0.717, 1.165) is 29.9 Å². The van der Waals surface area contributed by atoms with Crippen LogP contribution in [0, 0.1) is 0 Å². The minimum absolute atomic E-state index is 0.500. The average molecular weight is 376 g/mol. The number of rotatable bonds is 8. The van der Waals surface area contributed by atoms with Crippen molar-refractivity contribution in [3.63, 3.8) is 0 Å². The van der Waals surface area contributed by atoms with Crippen molar-refractivity contribution in [1.82, 2.24) is 0 Å². The van der Waals surface area contributed by atoms with Crippen LogP contribution in [0.15, 0.2) is 36.4 Å². The molecule has 0 amide bonds. The van der Waals surface area contributed by atoms with E-state index in [-0.39, 0.29) is 0 Å². The lowest BCUT2D eigenvalue weighted by atomic mass is 10.1. The van der Waals surface area contributed by atoms with Gasteiger partial charge in [0.05, 0.1) is 34.5 Å². The van der Waals surface area contributed by atoms with E-state index in [1.807, 2.05) is 37.3 Å². The highest BCUT2D eigenvalue weighted by Crippen LogP contribution is 2.35. The van der Waals surface area contributed by atoms with Gasteiger partial charge in [0, 0.05) is 5.56 Å². The molecule has 0 aliphatic rings. The fraction of sp³-hybridized carbons (Fsp3) is 0.455. The Morgan fingerprint density at radius 3 is 1.81 bits per heavy atom. The Labute approximate surface area is 162 Å². The highest BCUT2D eigenvalue weighted by Gasteiger charge is 2.14. The molecule has 0 bridgehead atoms. The van der Waals surface area contributed by atoms with Gasteiger partial charge in [-0.15, -0.1) is 0 Å². The Hall–Kier alpha value is -2.40. The van der Waals surface area contributed by atoms with Gasteiger partial charge in [-0.1, -0.05) is 44.5 Å². The molecule has 2 rings (SSSR count). The third-order valence-corrected chi connectivity index (χ3v) is 4.18. The van der Waals surface area contributed by atoms with Crippen LogP contribution in [0.5, 0.6) is 23.0 Å². The van der Waals surface area contributed by atoms with Crippen LogP contribution < -0.4 is 18.9 Å². The average Bonchev–Trinajstić information content (AvgIpc) is 2.72. The highest BCUT2D eigenvalue weighted by molar-refractivity contribution is 5.47. The first-order valence-electron chi connectivity index (χ1n) is 9.16. The number of methoxy groups -OCH3 is 4. The van der Waals surface area contributed by atoms with E-state index in [4.69, 9.17) is 18.9 Å². The smallest absolute Gasteiger partial charge is 0.166 e. The van der Waals surface area contributed by atoms with Crippen molar-refractivity contribution in [2.24, 2.45) is 0 Å². The molecule has 1 N–H and O–H groups in total. The van der Waals surface area contributed by atoms with E-state index < -0.39 is 6.10 Å². The zero-order chi connectivity index (χ0) is 20.2. The standard InChI is InChI=1S/C11H16O3.C11H16O2/c1-4-9(12)8-6-5-7-10(13-2)11(8)14-3;1-4-6-9-7-5-8-10(12-2)11(9)13-3/h5-7,9,12H,4H2,1-3H3;5,7-8H,4,6H2,1-3H3. The monoisotopic (exact) mass is 376 g/mol. The molecule has 0 aromatic heterocycles. The van der Waals surface area contributed by atoms with Crippen LogP contribution in [-0.2, 0) is 6.42 Å².